The standard InChI is InChI=1S/C14H15Cl2NO2S/c1-9-2-3-10(8-17)14(6-9)20(18,19)11-4-5-12(15)13(16)7-11/h4-5,7,9-10,14H,2-3,6H2,1H3. The van der Waals surface area contributed by atoms with E-state index < -0.39 is 21.0 Å². The molecule has 0 N–H and O–H groups in total. The second-order valence-electron chi connectivity index (χ2n) is 5.31. The molecule has 1 aromatic carbocycles. The minimum atomic E-state index is -3.56. The molecule has 2 rings (SSSR count). The van der Waals surface area contributed by atoms with Crippen LogP contribution in [0.15, 0.2) is 23.1 Å². The zero-order valence-corrected chi connectivity index (χ0v) is 13.3. The first kappa shape index (κ1) is 15.6. The summed E-state index contributed by atoms with van der Waals surface area (Å²) in [7, 11) is -3.56. The lowest BCUT2D eigenvalue weighted by Gasteiger charge is -2.30. The molecule has 0 heterocycles. The van der Waals surface area contributed by atoms with Gasteiger partial charge in [-0.15, -0.1) is 0 Å². The van der Waals surface area contributed by atoms with Gasteiger partial charge in [-0.3, -0.25) is 0 Å². The van der Waals surface area contributed by atoms with Crippen molar-refractivity contribution in [1.29, 1.82) is 5.26 Å². The first-order valence-corrected chi connectivity index (χ1v) is 8.75. The van der Waals surface area contributed by atoms with E-state index in [2.05, 4.69) is 6.07 Å². The van der Waals surface area contributed by atoms with Crippen LogP contribution in [0.4, 0.5) is 0 Å². The van der Waals surface area contributed by atoms with Gasteiger partial charge < -0.3 is 0 Å². The zero-order valence-electron chi connectivity index (χ0n) is 11.0. The maximum atomic E-state index is 12.7. The highest BCUT2D eigenvalue weighted by Gasteiger charge is 2.39. The van der Waals surface area contributed by atoms with Gasteiger partial charge in [0.1, 0.15) is 0 Å². The van der Waals surface area contributed by atoms with Crippen molar-refractivity contribution in [2.75, 3.05) is 0 Å². The van der Waals surface area contributed by atoms with E-state index in [-0.39, 0.29) is 9.92 Å². The van der Waals surface area contributed by atoms with Crippen molar-refractivity contribution in [2.45, 2.75) is 36.3 Å². The SMILES string of the molecule is CC1CCC(C#N)C(S(=O)(=O)c2ccc(Cl)c(Cl)c2)C1. The van der Waals surface area contributed by atoms with Crippen LogP contribution in [0.5, 0.6) is 0 Å². The molecule has 1 fully saturated rings. The second-order valence-corrected chi connectivity index (χ2v) is 8.29. The van der Waals surface area contributed by atoms with Gasteiger partial charge in [0, 0.05) is 0 Å². The molecule has 1 saturated carbocycles. The van der Waals surface area contributed by atoms with Crippen LogP contribution in [0, 0.1) is 23.2 Å². The van der Waals surface area contributed by atoms with Gasteiger partial charge in [0.2, 0.25) is 0 Å². The fourth-order valence-corrected chi connectivity index (χ4v) is 5.11. The van der Waals surface area contributed by atoms with Gasteiger partial charge in [0.25, 0.3) is 0 Å². The Kier molecular flexibility index (Phi) is 4.63. The third kappa shape index (κ3) is 2.95. The third-order valence-electron chi connectivity index (χ3n) is 3.84. The van der Waals surface area contributed by atoms with Gasteiger partial charge in [-0.25, -0.2) is 8.42 Å². The Hall–Kier alpha value is -0.760. The van der Waals surface area contributed by atoms with Gasteiger partial charge in [-0.2, -0.15) is 5.26 Å². The normalized spacial score (nSPS) is 27.0. The maximum absolute atomic E-state index is 12.7. The van der Waals surface area contributed by atoms with E-state index in [1.54, 1.807) is 0 Å². The molecule has 3 atom stereocenters. The molecule has 6 heteroatoms. The summed E-state index contributed by atoms with van der Waals surface area (Å²) in [4.78, 5) is 0.145. The van der Waals surface area contributed by atoms with Crippen molar-refractivity contribution in [1.82, 2.24) is 0 Å². The highest BCUT2D eigenvalue weighted by molar-refractivity contribution is 7.92. The van der Waals surface area contributed by atoms with E-state index in [1.165, 1.54) is 18.2 Å². The number of nitriles is 1. The summed E-state index contributed by atoms with van der Waals surface area (Å²) >= 11 is 11.7. The molecule has 0 amide bonds. The Morgan fingerprint density at radius 3 is 2.55 bits per heavy atom. The van der Waals surface area contributed by atoms with Gasteiger partial charge >= 0.3 is 0 Å². The molecule has 0 aliphatic heterocycles. The van der Waals surface area contributed by atoms with Crippen LogP contribution < -0.4 is 0 Å². The summed E-state index contributed by atoms with van der Waals surface area (Å²) in [6.07, 6.45) is 2.04. The fraction of sp³-hybridized carbons (Fsp3) is 0.500. The first-order chi connectivity index (χ1) is 9.36. The Labute approximate surface area is 129 Å². The number of halogens is 2. The molecule has 0 aromatic heterocycles. The summed E-state index contributed by atoms with van der Waals surface area (Å²) in [6.45, 7) is 2.02. The minimum Gasteiger partial charge on any atom is -0.223 e. The smallest absolute Gasteiger partial charge is 0.182 e. The number of rotatable bonds is 2. The Bertz CT molecular complexity index is 652. The van der Waals surface area contributed by atoms with E-state index in [9.17, 15) is 13.7 Å². The number of hydrogen-bond donors (Lipinski definition) is 0. The van der Waals surface area contributed by atoms with Crippen LogP contribution in [0.25, 0.3) is 0 Å². The molecule has 3 nitrogen and oxygen atoms in total. The average molecular weight is 332 g/mol. The van der Waals surface area contributed by atoms with Gasteiger partial charge in [0.05, 0.1) is 32.2 Å². The summed E-state index contributed by atoms with van der Waals surface area (Å²) < 4.78 is 25.4. The lowest BCUT2D eigenvalue weighted by molar-refractivity contribution is 0.335. The highest BCUT2D eigenvalue weighted by atomic mass is 35.5. The van der Waals surface area contributed by atoms with Gasteiger partial charge in [-0.1, -0.05) is 30.1 Å². The molecule has 1 aliphatic rings. The van der Waals surface area contributed by atoms with Crippen LogP contribution in [-0.4, -0.2) is 13.7 Å². The minimum absolute atomic E-state index is 0.145. The van der Waals surface area contributed by atoms with E-state index in [4.69, 9.17) is 23.2 Å². The molecule has 3 unspecified atom stereocenters. The number of nitrogens with zero attached hydrogens (tertiary/aromatic N) is 1. The van der Waals surface area contributed by atoms with Crippen molar-refractivity contribution in [3.8, 4) is 6.07 Å². The number of hydrogen-bond acceptors (Lipinski definition) is 3. The van der Waals surface area contributed by atoms with Crippen LogP contribution in [0.1, 0.15) is 26.2 Å². The van der Waals surface area contributed by atoms with Gasteiger partial charge in [-0.05, 0) is 43.4 Å². The molecule has 0 saturated heterocycles. The maximum Gasteiger partial charge on any atom is 0.182 e. The topological polar surface area (TPSA) is 57.9 Å². The van der Waals surface area contributed by atoms with Crippen LogP contribution in [-0.2, 0) is 9.84 Å². The predicted molar refractivity (Wildman–Crippen MR) is 79.6 cm³/mol. The summed E-state index contributed by atoms with van der Waals surface area (Å²) in [6, 6.07) is 6.44. The lowest BCUT2D eigenvalue weighted by Crippen LogP contribution is -2.35. The summed E-state index contributed by atoms with van der Waals surface area (Å²) in [5.41, 5.74) is 0. The van der Waals surface area contributed by atoms with E-state index in [0.717, 1.165) is 6.42 Å². The van der Waals surface area contributed by atoms with Crippen molar-refractivity contribution >= 4 is 33.0 Å². The molecule has 20 heavy (non-hydrogen) atoms. The van der Waals surface area contributed by atoms with Crippen molar-refractivity contribution < 1.29 is 8.42 Å². The summed E-state index contributed by atoms with van der Waals surface area (Å²) in [5.74, 6) is -0.146. The van der Waals surface area contributed by atoms with E-state index >= 15 is 0 Å². The number of sulfone groups is 1. The molecular weight excluding hydrogens is 317 g/mol. The molecular formula is C14H15Cl2NO2S. The molecule has 0 bridgehead atoms. The Morgan fingerprint density at radius 2 is 1.95 bits per heavy atom. The van der Waals surface area contributed by atoms with E-state index in [0.29, 0.717) is 23.8 Å². The molecule has 1 aliphatic carbocycles. The predicted octanol–water partition coefficient (Wildman–Crippen LogP) is 4.10. The van der Waals surface area contributed by atoms with E-state index in [1.807, 2.05) is 6.92 Å². The van der Waals surface area contributed by atoms with Crippen molar-refractivity contribution in [2.24, 2.45) is 11.8 Å². The quantitative estimate of drug-likeness (QED) is 0.819. The average Bonchev–Trinajstić information content (AvgIpc) is 2.41. The monoisotopic (exact) mass is 331 g/mol. The van der Waals surface area contributed by atoms with Gasteiger partial charge in [0.15, 0.2) is 9.84 Å². The van der Waals surface area contributed by atoms with Crippen molar-refractivity contribution in [3.63, 3.8) is 0 Å². The number of benzene rings is 1. The van der Waals surface area contributed by atoms with Crippen LogP contribution in [0.2, 0.25) is 10.0 Å². The molecule has 0 spiro atoms. The molecule has 108 valence electrons. The van der Waals surface area contributed by atoms with Crippen LogP contribution >= 0.6 is 23.2 Å². The Balaban J connectivity index is 2.42. The molecule has 1 aromatic rings. The lowest BCUT2D eigenvalue weighted by atomic mass is 9.83. The van der Waals surface area contributed by atoms with Crippen LogP contribution in [0.3, 0.4) is 0 Å². The second kappa shape index (κ2) is 5.93. The Morgan fingerprint density at radius 1 is 1.25 bits per heavy atom. The molecule has 0 radical (unpaired) electrons. The summed E-state index contributed by atoms with van der Waals surface area (Å²) in [5, 5.41) is 9.07. The van der Waals surface area contributed by atoms with Crippen molar-refractivity contribution in [3.05, 3.63) is 28.2 Å². The zero-order chi connectivity index (χ0) is 14.9. The fourth-order valence-electron chi connectivity index (χ4n) is 2.65. The first-order valence-electron chi connectivity index (χ1n) is 6.45. The largest absolute Gasteiger partial charge is 0.223 e. The highest BCUT2D eigenvalue weighted by Crippen LogP contribution is 2.37. The third-order valence-corrected chi connectivity index (χ3v) is 6.81.